The van der Waals surface area contributed by atoms with E-state index in [2.05, 4.69) is 15.1 Å². The summed E-state index contributed by atoms with van der Waals surface area (Å²) in [5.74, 6) is 1.91. The fourth-order valence-corrected chi connectivity index (χ4v) is 3.79. The van der Waals surface area contributed by atoms with Crippen LogP contribution in [0.15, 0.2) is 28.8 Å². The molecule has 1 aliphatic carbocycles. The Kier molecular flexibility index (Phi) is 4.74. The highest BCUT2D eigenvalue weighted by molar-refractivity contribution is 6.33. The molecule has 0 spiro atoms. The van der Waals surface area contributed by atoms with Gasteiger partial charge in [-0.2, -0.15) is 4.98 Å². The van der Waals surface area contributed by atoms with Crippen LogP contribution in [0, 0.1) is 6.92 Å². The third-order valence-electron chi connectivity index (χ3n) is 5.07. The number of aromatic nitrogens is 3. The number of nitrogens with two attached hydrogens (primary N) is 1. The first-order valence-corrected chi connectivity index (χ1v) is 9.39. The van der Waals surface area contributed by atoms with Gasteiger partial charge < -0.3 is 15.0 Å². The molecule has 7 heteroatoms. The first-order chi connectivity index (χ1) is 13.0. The minimum Gasteiger partial charge on any atom is -0.481 e. The number of hydrogen-bond acceptors (Lipinski definition) is 6. The molecule has 2 aromatic heterocycles. The van der Waals surface area contributed by atoms with Crippen LogP contribution in [0.5, 0.6) is 5.88 Å². The van der Waals surface area contributed by atoms with Crippen molar-refractivity contribution in [2.75, 3.05) is 12.8 Å². The van der Waals surface area contributed by atoms with Crippen LogP contribution in [0.3, 0.4) is 0 Å². The quantitative estimate of drug-likeness (QED) is 0.636. The number of benzene rings is 1. The molecule has 0 unspecified atom stereocenters. The topological polar surface area (TPSA) is 87.1 Å². The fraction of sp³-hybridized carbons (Fsp3) is 0.350. The maximum absolute atomic E-state index is 6.19. The molecule has 2 heterocycles. The van der Waals surface area contributed by atoms with Crippen molar-refractivity contribution in [1.82, 2.24) is 15.1 Å². The van der Waals surface area contributed by atoms with Crippen molar-refractivity contribution in [2.24, 2.45) is 0 Å². The Hall–Kier alpha value is -2.60. The maximum Gasteiger partial charge on any atom is 0.258 e. The standard InChI is InChI=1S/C20H21ClN4O2/c1-11-7-13(8-15(21)18(11)22)19-24-20(27-25-19)14-9-16(12-5-3-4-6-12)23-17(10-14)26-2/h7-10,12H,3-6,22H2,1-2H3. The van der Waals surface area contributed by atoms with Crippen LogP contribution in [0.1, 0.15) is 42.9 Å². The van der Waals surface area contributed by atoms with Gasteiger partial charge in [-0.1, -0.05) is 29.6 Å². The van der Waals surface area contributed by atoms with Crippen molar-refractivity contribution in [2.45, 2.75) is 38.5 Å². The minimum atomic E-state index is 0.426. The Morgan fingerprint density at radius 1 is 1.11 bits per heavy atom. The lowest BCUT2D eigenvalue weighted by molar-refractivity contribution is 0.394. The number of methoxy groups -OCH3 is 1. The van der Waals surface area contributed by atoms with E-state index in [1.165, 1.54) is 12.8 Å². The van der Waals surface area contributed by atoms with E-state index in [9.17, 15) is 0 Å². The van der Waals surface area contributed by atoms with Crippen LogP contribution < -0.4 is 10.5 Å². The van der Waals surface area contributed by atoms with Crippen molar-refractivity contribution in [3.05, 3.63) is 40.5 Å². The van der Waals surface area contributed by atoms with Crippen LogP contribution in [-0.4, -0.2) is 22.2 Å². The monoisotopic (exact) mass is 384 g/mol. The molecule has 2 N–H and O–H groups in total. The molecule has 0 amide bonds. The van der Waals surface area contributed by atoms with Crippen LogP contribution in [-0.2, 0) is 0 Å². The molecule has 0 radical (unpaired) electrons. The molecule has 1 fully saturated rings. The van der Waals surface area contributed by atoms with Gasteiger partial charge in [0.05, 0.1) is 17.8 Å². The largest absolute Gasteiger partial charge is 0.481 e. The molecule has 1 aromatic carbocycles. The Morgan fingerprint density at radius 3 is 2.59 bits per heavy atom. The van der Waals surface area contributed by atoms with E-state index in [-0.39, 0.29) is 0 Å². The summed E-state index contributed by atoms with van der Waals surface area (Å²) in [6.45, 7) is 1.90. The molecule has 4 rings (SSSR count). The average Bonchev–Trinajstić information content (AvgIpc) is 3.37. The third kappa shape index (κ3) is 3.49. The van der Waals surface area contributed by atoms with Crippen molar-refractivity contribution >= 4 is 17.3 Å². The van der Waals surface area contributed by atoms with Crippen molar-refractivity contribution < 1.29 is 9.26 Å². The lowest BCUT2D eigenvalue weighted by atomic mass is 10.0. The van der Waals surface area contributed by atoms with Gasteiger partial charge in [-0.25, -0.2) is 4.98 Å². The Balaban J connectivity index is 1.71. The van der Waals surface area contributed by atoms with E-state index >= 15 is 0 Å². The van der Waals surface area contributed by atoms with Gasteiger partial charge in [-0.15, -0.1) is 0 Å². The highest BCUT2D eigenvalue weighted by atomic mass is 35.5. The zero-order valence-electron chi connectivity index (χ0n) is 15.3. The second-order valence-electron chi connectivity index (χ2n) is 6.92. The number of halogens is 1. The van der Waals surface area contributed by atoms with E-state index in [1.54, 1.807) is 13.2 Å². The van der Waals surface area contributed by atoms with Gasteiger partial charge >= 0.3 is 0 Å². The number of ether oxygens (including phenoxy) is 1. The molecule has 0 atom stereocenters. The lowest BCUT2D eigenvalue weighted by Crippen LogP contribution is -1.99. The number of nitrogen functional groups attached to an aromatic ring is 1. The van der Waals surface area contributed by atoms with E-state index < -0.39 is 0 Å². The summed E-state index contributed by atoms with van der Waals surface area (Å²) in [7, 11) is 1.61. The van der Waals surface area contributed by atoms with E-state index in [4.69, 9.17) is 26.6 Å². The van der Waals surface area contributed by atoms with Crippen LogP contribution in [0.25, 0.3) is 22.8 Å². The number of aryl methyl sites for hydroxylation is 1. The van der Waals surface area contributed by atoms with Crippen molar-refractivity contribution in [3.63, 3.8) is 0 Å². The van der Waals surface area contributed by atoms with Gasteiger partial charge in [0.2, 0.25) is 11.7 Å². The summed E-state index contributed by atoms with van der Waals surface area (Å²) in [6, 6.07) is 7.48. The molecule has 6 nitrogen and oxygen atoms in total. The lowest BCUT2D eigenvalue weighted by Gasteiger charge is -2.11. The maximum atomic E-state index is 6.19. The van der Waals surface area contributed by atoms with Gasteiger partial charge in [0.1, 0.15) is 0 Å². The smallest absolute Gasteiger partial charge is 0.258 e. The summed E-state index contributed by atoms with van der Waals surface area (Å²) in [6.07, 6.45) is 4.78. The molecule has 1 aliphatic rings. The van der Waals surface area contributed by atoms with Crippen LogP contribution in [0.2, 0.25) is 5.02 Å². The highest BCUT2D eigenvalue weighted by Gasteiger charge is 2.21. The van der Waals surface area contributed by atoms with Gasteiger partial charge in [-0.05, 0) is 43.5 Å². The normalized spacial score (nSPS) is 14.6. The molecule has 3 aromatic rings. The highest BCUT2D eigenvalue weighted by Crippen LogP contribution is 2.36. The molecular formula is C20H21ClN4O2. The van der Waals surface area contributed by atoms with E-state index in [0.29, 0.717) is 34.2 Å². The Labute approximate surface area is 162 Å². The third-order valence-corrected chi connectivity index (χ3v) is 5.38. The summed E-state index contributed by atoms with van der Waals surface area (Å²) in [5, 5.41) is 4.59. The number of nitrogens with zero attached hydrogens (tertiary/aromatic N) is 3. The summed E-state index contributed by atoms with van der Waals surface area (Å²) < 4.78 is 10.9. The van der Waals surface area contributed by atoms with Gasteiger partial charge in [0.15, 0.2) is 0 Å². The number of pyridine rings is 1. The predicted octanol–water partition coefficient (Wildman–Crippen LogP) is 5.01. The summed E-state index contributed by atoms with van der Waals surface area (Å²) >= 11 is 6.19. The number of rotatable bonds is 4. The molecule has 27 heavy (non-hydrogen) atoms. The fourth-order valence-electron chi connectivity index (χ4n) is 3.53. The molecule has 0 bridgehead atoms. The van der Waals surface area contributed by atoms with Crippen molar-refractivity contribution in [3.8, 4) is 28.7 Å². The van der Waals surface area contributed by atoms with Crippen LogP contribution in [0.4, 0.5) is 5.69 Å². The number of hydrogen-bond donors (Lipinski definition) is 1. The Bertz CT molecular complexity index is 957. The van der Waals surface area contributed by atoms with Gasteiger partial charge in [0.25, 0.3) is 5.89 Å². The zero-order chi connectivity index (χ0) is 19.0. The first-order valence-electron chi connectivity index (χ1n) is 9.01. The molecular weight excluding hydrogens is 364 g/mol. The van der Waals surface area contributed by atoms with E-state index in [0.717, 1.165) is 35.2 Å². The minimum absolute atomic E-state index is 0.426. The second kappa shape index (κ2) is 7.19. The first kappa shape index (κ1) is 17.8. The summed E-state index contributed by atoms with van der Waals surface area (Å²) in [5.41, 5.74) is 9.94. The molecule has 140 valence electrons. The molecule has 0 saturated heterocycles. The SMILES string of the molecule is COc1cc(-c2nc(-c3cc(C)c(N)c(Cl)c3)no2)cc(C2CCCC2)n1. The van der Waals surface area contributed by atoms with Crippen LogP contribution >= 0.6 is 11.6 Å². The predicted molar refractivity (Wildman–Crippen MR) is 105 cm³/mol. The zero-order valence-corrected chi connectivity index (χ0v) is 16.1. The average molecular weight is 385 g/mol. The Morgan fingerprint density at radius 2 is 1.89 bits per heavy atom. The number of anilines is 1. The summed E-state index contributed by atoms with van der Waals surface area (Å²) in [4.78, 5) is 9.16. The second-order valence-corrected chi connectivity index (χ2v) is 7.32. The molecule has 1 saturated carbocycles. The molecule has 0 aliphatic heterocycles. The van der Waals surface area contributed by atoms with E-state index in [1.807, 2.05) is 25.1 Å². The van der Waals surface area contributed by atoms with Gasteiger partial charge in [0, 0.05) is 28.8 Å². The van der Waals surface area contributed by atoms with Gasteiger partial charge in [-0.3, -0.25) is 0 Å². The van der Waals surface area contributed by atoms with Crippen molar-refractivity contribution in [1.29, 1.82) is 0 Å².